The van der Waals surface area contributed by atoms with Gasteiger partial charge in [-0.15, -0.1) is 35.3 Å². The van der Waals surface area contributed by atoms with E-state index in [1.165, 1.54) is 22.0 Å². The van der Waals surface area contributed by atoms with Crippen molar-refractivity contribution in [1.29, 1.82) is 0 Å². The molecule has 3 rings (SSSR count). The third-order valence-corrected chi connectivity index (χ3v) is 7.70. The summed E-state index contributed by atoms with van der Waals surface area (Å²) >= 11 is 5.70. The molecule has 2 aromatic rings. The van der Waals surface area contributed by atoms with Crippen LogP contribution in [0.1, 0.15) is 10.1 Å². The van der Waals surface area contributed by atoms with Gasteiger partial charge in [0.2, 0.25) is 0 Å². The maximum absolute atomic E-state index is 11.9. The summed E-state index contributed by atoms with van der Waals surface area (Å²) in [6.45, 7) is 0.694. The van der Waals surface area contributed by atoms with E-state index in [1.807, 2.05) is 53.9 Å². The van der Waals surface area contributed by atoms with Crippen molar-refractivity contribution in [1.82, 2.24) is 5.32 Å². The van der Waals surface area contributed by atoms with Gasteiger partial charge in [-0.1, -0.05) is 30.3 Å². The summed E-state index contributed by atoms with van der Waals surface area (Å²) in [6, 6.07) is 18.3. The summed E-state index contributed by atoms with van der Waals surface area (Å²) in [7, 11) is 0. The van der Waals surface area contributed by atoms with Crippen LogP contribution < -0.4 is 10.1 Å². The van der Waals surface area contributed by atoms with Crippen LogP contribution in [-0.2, 0) is 4.79 Å². The van der Waals surface area contributed by atoms with Crippen molar-refractivity contribution >= 4 is 41.2 Å². The Morgan fingerprint density at radius 1 is 1.08 bits per heavy atom. The summed E-state index contributed by atoms with van der Waals surface area (Å²) < 4.78 is 6.11. The topological polar surface area (TPSA) is 38.3 Å². The minimum absolute atomic E-state index is 0.0578. The van der Waals surface area contributed by atoms with Crippen LogP contribution in [0.4, 0.5) is 0 Å². The smallest absolute Gasteiger partial charge is 0.257 e. The molecule has 1 fully saturated rings. The molecule has 0 atom stereocenters. The molecular formula is C19H21NO2S3. The van der Waals surface area contributed by atoms with Gasteiger partial charge < -0.3 is 10.1 Å². The highest BCUT2D eigenvalue weighted by molar-refractivity contribution is 8.19. The van der Waals surface area contributed by atoms with Crippen molar-refractivity contribution < 1.29 is 9.53 Å². The lowest BCUT2D eigenvalue weighted by molar-refractivity contribution is -0.122. The lowest BCUT2D eigenvalue weighted by atomic mass is 10.2. The van der Waals surface area contributed by atoms with Crippen LogP contribution >= 0.6 is 35.3 Å². The van der Waals surface area contributed by atoms with Gasteiger partial charge in [0.1, 0.15) is 5.75 Å². The number of carbonyl (C=O) groups is 1. The summed E-state index contributed by atoms with van der Waals surface area (Å²) in [5, 5.41) is 2.89. The summed E-state index contributed by atoms with van der Waals surface area (Å²) in [6.07, 6.45) is 0. The highest BCUT2D eigenvalue weighted by atomic mass is 32.2. The van der Waals surface area contributed by atoms with Gasteiger partial charge in [0.25, 0.3) is 5.91 Å². The predicted molar refractivity (Wildman–Crippen MR) is 110 cm³/mol. The molecule has 132 valence electrons. The molecule has 0 radical (unpaired) electrons. The van der Waals surface area contributed by atoms with E-state index in [-0.39, 0.29) is 12.5 Å². The average molecular weight is 392 g/mol. The molecule has 1 heterocycles. The summed E-state index contributed by atoms with van der Waals surface area (Å²) in [4.78, 5) is 13.1. The van der Waals surface area contributed by atoms with Gasteiger partial charge >= 0.3 is 0 Å². The first-order valence-corrected chi connectivity index (χ1v) is 11.3. The van der Waals surface area contributed by atoms with E-state index < -0.39 is 0 Å². The van der Waals surface area contributed by atoms with E-state index in [2.05, 4.69) is 29.6 Å². The number of thioether (sulfide) groups is 3. The molecule has 25 heavy (non-hydrogen) atoms. The molecule has 1 saturated heterocycles. The largest absolute Gasteiger partial charge is 0.484 e. The second-order valence-corrected chi connectivity index (χ2v) is 9.34. The fourth-order valence-corrected chi connectivity index (χ4v) is 6.00. The van der Waals surface area contributed by atoms with Crippen molar-refractivity contribution in [2.75, 3.05) is 30.4 Å². The van der Waals surface area contributed by atoms with Crippen LogP contribution in [0.2, 0.25) is 0 Å². The summed E-state index contributed by atoms with van der Waals surface area (Å²) in [5.41, 5.74) is 1.32. The van der Waals surface area contributed by atoms with Crippen LogP contribution in [0.3, 0.4) is 0 Å². The minimum atomic E-state index is -0.0837. The fraction of sp³-hybridized carbons (Fsp3) is 0.316. The Bertz CT molecular complexity index is 658. The molecule has 0 saturated carbocycles. The molecular weight excluding hydrogens is 370 g/mol. The molecule has 2 aromatic carbocycles. The zero-order valence-electron chi connectivity index (χ0n) is 13.9. The predicted octanol–water partition coefficient (Wildman–Crippen LogP) is 4.45. The molecule has 0 aliphatic carbocycles. The first kappa shape index (κ1) is 18.5. The zero-order chi connectivity index (χ0) is 17.3. The molecule has 1 aliphatic rings. The number of hydrogen-bond donors (Lipinski definition) is 1. The zero-order valence-corrected chi connectivity index (χ0v) is 16.3. The van der Waals surface area contributed by atoms with Crippen molar-refractivity contribution in [2.24, 2.45) is 0 Å². The van der Waals surface area contributed by atoms with Crippen molar-refractivity contribution in [2.45, 2.75) is 9.48 Å². The van der Waals surface area contributed by atoms with E-state index in [0.29, 0.717) is 11.1 Å². The van der Waals surface area contributed by atoms with Gasteiger partial charge in [-0.2, -0.15) is 0 Å². The van der Waals surface area contributed by atoms with Crippen LogP contribution in [0.25, 0.3) is 0 Å². The minimum Gasteiger partial charge on any atom is -0.484 e. The van der Waals surface area contributed by atoms with E-state index in [1.54, 1.807) is 11.8 Å². The molecule has 0 spiro atoms. The maximum Gasteiger partial charge on any atom is 0.257 e. The van der Waals surface area contributed by atoms with Crippen LogP contribution in [0.15, 0.2) is 59.5 Å². The second kappa shape index (κ2) is 10.0. The van der Waals surface area contributed by atoms with E-state index in [0.717, 1.165) is 11.5 Å². The van der Waals surface area contributed by atoms with E-state index in [9.17, 15) is 4.79 Å². The Kier molecular flexibility index (Phi) is 7.45. The van der Waals surface area contributed by atoms with E-state index >= 15 is 0 Å². The lowest BCUT2D eigenvalue weighted by Crippen LogP contribution is -2.30. The van der Waals surface area contributed by atoms with Gasteiger partial charge in [0.15, 0.2) is 6.61 Å². The number of rotatable bonds is 8. The number of amides is 1. The highest BCUT2D eigenvalue weighted by Crippen LogP contribution is 2.45. The Hall–Kier alpha value is -1.24. The van der Waals surface area contributed by atoms with Crippen molar-refractivity contribution in [3.63, 3.8) is 0 Å². The first-order valence-electron chi connectivity index (χ1n) is 8.22. The molecule has 1 aliphatic heterocycles. The Morgan fingerprint density at radius 2 is 1.80 bits per heavy atom. The number of benzene rings is 2. The van der Waals surface area contributed by atoms with Gasteiger partial charge in [-0.3, -0.25) is 4.79 Å². The number of ether oxygens (including phenoxy) is 1. The first-order chi connectivity index (χ1) is 12.3. The maximum atomic E-state index is 11.9. The Labute approximate surface area is 161 Å². The number of hydrogen-bond acceptors (Lipinski definition) is 5. The SMILES string of the molecule is O=C(COc1ccc(C2SCCS2)cc1)NCCSc1ccccc1. The summed E-state index contributed by atoms with van der Waals surface area (Å²) in [5.74, 6) is 3.94. The quantitative estimate of drug-likeness (QED) is 0.531. The lowest BCUT2D eigenvalue weighted by Gasteiger charge is -2.10. The molecule has 1 N–H and O–H groups in total. The average Bonchev–Trinajstić information content (AvgIpc) is 3.20. The van der Waals surface area contributed by atoms with Crippen LogP contribution in [0, 0.1) is 0 Å². The number of nitrogens with one attached hydrogen (secondary N) is 1. The molecule has 0 aromatic heterocycles. The Balaban J connectivity index is 1.33. The van der Waals surface area contributed by atoms with E-state index in [4.69, 9.17) is 4.74 Å². The molecule has 0 unspecified atom stereocenters. The number of carbonyl (C=O) groups excluding carboxylic acids is 1. The standard InChI is InChI=1S/C19H21NO2S3/c21-18(20-10-11-23-17-4-2-1-3-5-17)14-22-16-8-6-15(7-9-16)19-24-12-13-25-19/h1-9,19H,10-14H2,(H,20,21). The monoisotopic (exact) mass is 391 g/mol. The van der Waals surface area contributed by atoms with Gasteiger partial charge in [0, 0.05) is 28.7 Å². The molecule has 6 heteroatoms. The van der Waals surface area contributed by atoms with Gasteiger partial charge in [-0.25, -0.2) is 0 Å². The molecule has 0 bridgehead atoms. The van der Waals surface area contributed by atoms with Crippen LogP contribution in [-0.4, -0.2) is 36.3 Å². The second-order valence-electron chi connectivity index (χ2n) is 5.44. The van der Waals surface area contributed by atoms with Crippen molar-refractivity contribution in [3.8, 4) is 5.75 Å². The van der Waals surface area contributed by atoms with Gasteiger partial charge in [0.05, 0.1) is 4.58 Å². The normalized spacial score (nSPS) is 14.4. The third-order valence-electron chi connectivity index (χ3n) is 3.58. The van der Waals surface area contributed by atoms with Crippen molar-refractivity contribution in [3.05, 3.63) is 60.2 Å². The Morgan fingerprint density at radius 3 is 2.52 bits per heavy atom. The third kappa shape index (κ3) is 6.20. The molecule has 1 amide bonds. The van der Waals surface area contributed by atoms with Gasteiger partial charge in [-0.05, 0) is 29.8 Å². The molecule has 3 nitrogen and oxygen atoms in total. The fourth-order valence-electron chi connectivity index (χ4n) is 2.35. The highest BCUT2D eigenvalue weighted by Gasteiger charge is 2.17. The van der Waals surface area contributed by atoms with Crippen LogP contribution in [0.5, 0.6) is 5.75 Å².